The van der Waals surface area contributed by atoms with Crippen molar-refractivity contribution in [3.63, 3.8) is 0 Å². The van der Waals surface area contributed by atoms with E-state index in [0.29, 0.717) is 17.7 Å². The first-order chi connectivity index (χ1) is 10.1. The van der Waals surface area contributed by atoms with Crippen LogP contribution in [0.4, 0.5) is 5.69 Å². The molecule has 0 aromatic heterocycles. The van der Waals surface area contributed by atoms with Gasteiger partial charge in [0.05, 0.1) is 15.9 Å². The zero-order valence-electron chi connectivity index (χ0n) is 12.8. The molecule has 0 aliphatic heterocycles. The Hall–Kier alpha value is -2.00. The number of carbonyl (C=O) groups is 1. The van der Waals surface area contributed by atoms with Crippen LogP contribution in [-0.2, 0) is 14.8 Å². The summed E-state index contributed by atoms with van der Waals surface area (Å²) in [5.74, 6) is -0.468. The molecule has 0 spiro atoms. The van der Waals surface area contributed by atoms with Crippen molar-refractivity contribution in [2.75, 3.05) is 6.54 Å². The molecule has 0 radical (unpaired) electrons. The molecular weight excluding hydrogens is 310 g/mol. The highest BCUT2D eigenvalue weighted by Gasteiger charge is 2.25. The first-order valence-electron chi connectivity index (χ1n) is 6.65. The average molecular weight is 329 g/mol. The predicted octanol–water partition coefficient (Wildman–Crippen LogP) is 1.01. The Bertz CT molecular complexity index is 700. The van der Waals surface area contributed by atoms with Crippen LogP contribution in [-0.4, -0.2) is 31.8 Å². The monoisotopic (exact) mass is 329 g/mol. The zero-order valence-corrected chi connectivity index (χ0v) is 13.7. The normalized spacial score (nSPS) is 12.7. The second-order valence-corrected chi connectivity index (χ2v) is 6.59. The van der Waals surface area contributed by atoms with Crippen LogP contribution in [0.5, 0.6) is 0 Å². The molecule has 1 aromatic carbocycles. The molecule has 1 unspecified atom stereocenters. The summed E-state index contributed by atoms with van der Waals surface area (Å²) in [4.78, 5) is 21.7. The van der Waals surface area contributed by atoms with Gasteiger partial charge in [0.15, 0.2) is 0 Å². The van der Waals surface area contributed by atoms with Crippen LogP contribution >= 0.6 is 0 Å². The van der Waals surface area contributed by atoms with E-state index in [1.165, 1.54) is 13.0 Å². The quantitative estimate of drug-likeness (QED) is 0.596. The van der Waals surface area contributed by atoms with Crippen molar-refractivity contribution in [1.29, 1.82) is 0 Å². The largest absolute Gasteiger partial charge is 0.355 e. The van der Waals surface area contributed by atoms with E-state index in [9.17, 15) is 23.3 Å². The minimum Gasteiger partial charge on any atom is -0.355 e. The van der Waals surface area contributed by atoms with E-state index in [-0.39, 0.29) is 10.6 Å². The van der Waals surface area contributed by atoms with Crippen molar-refractivity contribution in [2.45, 2.75) is 38.6 Å². The minimum atomic E-state index is -4.03. The Morgan fingerprint density at radius 1 is 1.36 bits per heavy atom. The molecule has 0 bridgehead atoms. The third kappa shape index (κ3) is 4.01. The number of benzene rings is 1. The Morgan fingerprint density at radius 3 is 2.45 bits per heavy atom. The van der Waals surface area contributed by atoms with Crippen molar-refractivity contribution in [1.82, 2.24) is 10.0 Å². The number of nitrogens with one attached hydrogen (secondary N) is 2. The molecule has 1 rings (SSSR count). The summed E-state index contributed by atoms with van der Waals surface area (Å²) in [5.41, 5.74) is 0.618. The lowest BCUT2D eigenvalue weighted by atomic mass is 10.1. The van der Waals surface area contributed by atoms with Crippen LogP contribution in [0, 0.1) is 24.0 Å². The first-order valence-corrected chi connectivity index (χ1v) is 8.14. The van der Waals surface area contributed by atoms with E-state index in [0.717, 1.165) is 6.07 Å². The molecule has 0 aliphatic carbocycles. The second kappa shape index (κ2) is 6.84. The molecule has 0 aliphatic rings. The number of hydrogen-bond donors (Lipinski definition) is 2. The van der Waals surface area contributed by atoms with E-state index in [1.807, 2.05) is 0 Å². The van der Waals surface area contributed by atoms with Gasteiger partial charge in [0, 0.05) is 18.2 Å². The third-order valence-corrected chi connectivity index (χ3v) is 4.72. The highest BCUT2D eigenvalue weighted by molar-refractivity contribution is 7.89. The van der Waals surface area contributed by atoms with Gasteiger partial charge in [-0.2, -0.15) is 4.72 Å². The van der Waals surface area contributed by atoms with Crippen LogP contribution in [0.15, 0.2) is 17.0 Å². The summed E-state index contributed by atoms with van der Waals surface area (Å²) < 4.78 is 26.8. The average Bonchev–Trinajstić information content (AvgIpc) is 2.40. The maximum atomic E-state index is 12.3. The van der Waals surface area contributed by atoms with Gasteiger partial charge in [-0.25, -0.2) is 8.42 Å². The lowest BCUT2D eigenvalue weighted by Crippen LogP contribution is -2.44. The van der Waals surface area contributed by atoms with E-state index in [2.05, 4.69) is 10.0 Å². The molecule has 8 nitrogen and oxygen atoms in total. The van der Waals surface area contributed by atoms with Crippen molar-refractivity contribution < 1.29 is 18.1 Å². The van der Waals surface area contributed by atoms with Crippen LogP contribution in [0.3, 0.4) is 0 Å². The minimum absolute atomic E-state index is 0.238. The Labute approximate surface area is 129 Å². The van der Waals surface area contributed by atoms with E-state index in [1.54, 1.807) is 20.8 Å². The van der Waals surface area contributed by atoms with Gasteiger partial charge in [0.2, 0.25) is 15.9 Å². The van der Waals surface area contributed by atoms with Gasteiger partial charge in [-0.15, -0.1) is 0 Å². The summed E-state index contributed by atoms with van der Waals surface area (Å²) in [6.07, 6.45) is 0. The first kappa shape index (κ1) is 18.1. The fraction of sp³-hybridized carbons (Fsp3) is 0.462. The molecule has 1 atom stereocenters. The fourth-order valence-electron chi connectivity index (χ4n) is 1.83. The SMILES string of the molecule is CCNC(=O)C(C)NS(=O)(=O)c1cc(C)c(C)c([N+](=O)[O-])c1. The number of nitrogens with zero attached hydrogens (tertiary/aromatic N) is 1. The number of sulfonamides is 1. The highest BCUT2D eigenvalue weighted by atomic mass is 32.2. The molecule has 122 valence electrons. The summed E-state index contributed by atoms with van der Waals surface area (Å²) >= 11 is 0. The van der Waals surface area contributed by atoms with Crippen LogP contribution in [0.2, 0.25) is 0 Å². The Kier molecular flexibility index (Phi) is 5.61. The summed E-state index contributed by atoms with van der Waals surface area (Å²) in [5, 5.41) is 13.5. The van der Waals surface area contributed by atoms with Crippen LogP contribution in [0.25, 0.3) is 0 Å². The number of carbonyl (C=O) groups excluding carboxylic acids is 1. The van der Waals surface area contributed by atoms with Gasteiger partial charge >= 0.3 is 0 Å². The van der Waals surface area contributed by atoms with Crippen LogP contribution < -0.4 is 10.0 Å². The summed E-state index contributed by atoms with van der Waals surface area (Å²) in [7, 11) is -4.03. The van der Waals surface area contributed by atoms with Gasteiger partial charge in [-0.1, -0.05) is 0 Å². The number of nitro benzene ring substituents is 1. The highest BCUT2D eigenvalue weighted by Crippen LogP contribution is 2.25. The maximum absolute atomic E-state index is 12.3. The van der Waals surface area contributed by atoms with E-state index in [4.69, 9.17) is 0 Å². The fourth-order valence-corrected chi connectivity index (χ4v) is 3.14. The lowest BCUT2D eigenvalue weighted by Gasteiger charge is -2.14. The Balaban J connectivity index is 3.19. The molecule has 0 fully saturated rings. The third-order valence-electron chi connectivity index (χ3n) is 3.20. The molecule has 0 saturated heterocycles. The van der Waals surface area contributed by atoms with Gasteiger partial charge in [0.1, 0.15) is 0 Å². The van der Waals surface area contributed by atoms with Gasteiger partial charge < -0.3 is 5.32 Å². The molecule has 0 saturated carbocycles. The van der Waals surface area contributed by atoms with Crippen molar-refractivity contribution >= 4 is 21.6 Å². The van der Waals surface area contributed by atoms with Gasteiger partial charge in [0.25, 0.3) is 5.69 Å². The molecule has 0 heterocycles. The molecule has 1 amide bonds. The number of nitro groups is 1. The molecule has 2 N–H and O–H groups in total. The number of amides is 1. The van der Waals surface area contributed by atoms with Crippen LogP contribution in [0.1, 0.15) is 25.0 Å². The number of rotatable bonds is 6. The van der Waals surface area contributed by atoms with E-state index < -0.39 is 26.9 Å². The van der Waals surface area contributed by atoms with Gasteiger partial charge in [-0.05, 0) is 39.3 Å². The summed E-state index contributed by atoms with van der Waals surface area (Å²) in [6, 6.07) is 1.36. The summed E-state index contributed by atoms with van der Waals surface area (Å²) in [6.45, 7) is 6.63. The number of aryl methyl sites for hydroxylation is 1. The van der Waals surface area contributed by atoms with Gasteiger partial charge in [-0.3, -0.25) is 14.9 Å². The van der Waals surface area contributed by atoms with Crippen molar-refractivity contribution in [3.8, 4) is 0 Å². The predicted molar refractivity (Wildman–Crippen MR) is 81.0 cm³/mol. The lowest BCUT2D eigenvalue weighted by molar-refractivity contribution is -0.385. The van der Waals surface area contributed by atoms with E-state index >= 15 is 0 Å². The standard InChI is InChI=1S/C13H19N3O5S/c1-5-14-13(17)10(4)15-22(20,21)11-6-8(2)9(3)12(7-11)16(18)19/h6-7,10,15H,5H2,1-4H3,(H,14,17). The molecular formula is C13H19N3O5S. The number of likely N-dealkylation sites (N-methyl/N-ethyl adjacent to an activating group) is 1. The van der Waals surface area contributed by atoms with Crippen molar-refractivity contribution in [3.05, 3.63) is 33.4 Å². The Morgan fingerprint density at radius 2 is 1.95 bits per heavy atom. The smallest absolute Gasteiger partial charge is 0.273 e. The molecule has 22 heavy (non-hydrogen) atoms. The van der Waals surface area contributed by atoms with Crippen molar-refractivity contribution in [2.24, 2.45) is 0 Å². The number of hydrogen-bond acceptors (Lipinski definition) is 5. The molecule has 1 aromatic rings. The maximum Gasteiger partial charge on any atom is 0.273 e. The zero-order chi connectivity index (χ0) is 17.1. The molecule has 9 heteroatoms. The topological polar surface area (TPSA) is 118 Å². The second-order valence-electron chi connectivity index (χ2n) is 4.88.